The quantitative estimate of drug-likeness (QED) is 0.869. The molecule has 98 valence electrons. The number of hydrogen-bond donors (Lipinski definition) is 2. The summed E-state index contributed by atoms with van der Waals surface area (Å²) in [6.45, 7) is 6.63. The first-order valence-corrected chi connectivity index (χ1v) is 6.73. The first kappa shape index (κ1) is 14.7. The molecule has 2 atom stereocenters. The van der Waals surface area contributed by atoms with Crippen LogP contribution in [0.25, 0.3) is 0 Å². The third-order valence-corrected chi connectivity index (χ3v) is 4.32. The van der Waals surface area contributed by atoms with Crippen molar-refractivity contribution < 1.29 is 5.11 Å². The van der Waals surface area contributed by atoms with Crippen molar-refractivity contribution in [2.45, 2.75) is 33.3 Å². The van der Waals surface area contributed by atoms with Crippen LogP contribution in [0, 0.1) is 18.8 Å². The predicted molar refractivity (Wildman–Crippen MR) is 72.7 cm³/mol. The lowest BCUT2D eigenvalue weighted by Gasteiger charge is -2.25. The Hall–Kier alpha value is -0.390. The Morgan fingerprint density at radius 1 is 1.47 bits per heavy atom. The second kappa shape index (κ2) is 5.98. The van der Waals surface area contributed by atoms with Crippen LogP contribution in [0.3, 0.4) is 0 Å². The van der Waals surface area contributed by atoms with E-state index >= 15 is 0 Å². The van der Waals surface area contributed by atoms with Crippen molar-refractivity contribution in [1.29, 1.82) is 0 Å². The van der Waals surface area contributed by atoms with Crippen molar-refractivity contribution >= 4 is 15.9 Å². The lowest BCUT2D eigenvalue weighted by atomic mass is 9.88. The zero-order valence-electron chi connectivity index (χ0n) is 10.9. The minimum atomic E-state index is -0.425. The first-order chi connectivity index (χ1) is 7.88. The van der Waals surface area contributed by atoms with Gasteiger partial charge < -0.3 is 10.8 Å². The molecule has 5 heteroatoms. The molecule has 1 aromatic rings. The van der Waals surface area contributed by atoms with Crippen LogP contribution in [0.5, 0.6) is 0 Å². The van der Waals surface area contributed by atoms with Crippen LogP contribution < -0.4 is 5.73 Å². The van der Waals surface area contributed by atoms with E-state index in [0.29, 0.717) is 18.9 Å². The normalized spacial score (nSPS) is 15.3. The maximum Gasteiger partial charge on any atom is 0.0738 e. The van der Waals surface area contributed by atoms with E-state index in [1.807, 2.05) is 18.7 Å². The molecule has 1 rings (SSSR count). The Morgan fingerprint density at radius 3 is 2.41 bits per heavy atom. The third kappa shape index (κ3) is 3.30. The molecule has 4 nitrogen and oxygen atoms in total. The fourth-order valence-electron chi connectivity index (χ4n) is 2.12. The average molecular weight is 304 g/mol. The van der Waals surface area contributed by atoms with E-state index in [4.69, 9.17) is 5.73 Å². The van der Waals surface area contributed by atoms with Crippen LogP contribution in [-0.4, -0.2) is 27.5 Å². The van der Waals surface area contributed by atoms with Gasteiger partial charge in [-0.15, -0.1) is 0 Å². The van der Waals surface area contributed by atoms with Crippen LogP contribution in [0.2, 0.25) is 0 Å². The fourth-order valence-corrected chi connectivity index (χ4v) is 2.62. The van der Waals surface area contributed by atoms with Gasteiger partial charge in [0.15, 0.2) is 0 Å². The van der Waals surface area contributed by atoms with Crippen molar-refractivity contribution in [2.24, 2.45) is 24.6 Å². The maximum atomic E-state index is 10.2. The molecule has 1 aromatic heterocycles. The number of aromatic nitrogens is 2. The fraction of sp³-hybridized carbons (Fsp3) is 0.750. The lowest BCUT2D eigenvalue weighted by Crippen LogP contribution is -2.34. The van der Waals surface area contributed by atoms with E-state index in [0.717, 1.165) is 15.9 Å². The Morgan fingerprint density at radius 2 is 2.06 bits per heavy atom. The molecule has 0 saturated heterocycles. The molecule has 0 fully saturated rings. The number of aryl methyl sites for hydroxylation is 2. The number of halogens is 1. The SMILES string of the molecule is Cc1nn(C)c(CC(O)C(CN)C(C)C)c1Br. The van der Waals surface area contributed by atoms with Gasteiger partial charge in [-0.1, -0.05) is 13.8 Å². The number of hydrogen-bond acceptors (Lipinski definition) is 3. The van der Waals surface area contributed by atoms with Crippen LogP contribution >= 0.6 is 15.9 Å². The van der Waals surface area contributed by atoms with Gasteiger partial charge in [0, 0.05) is 13.5 Å². The molecular weight excluding hydrogens is 282 g/mol. The minimum Gasteiger partial charge on any atom is -0.392 e. The van der Waals surface area contributed by atoms with E-state index in [9.17, 15) is 5.11 Å². The van der Waals surface area contributed by atoms with Gasteiger partial charge >= 0.3 is 0 Å². The summed E-state index contributed by atoms with van der Waals surface area (Å²) >= 11 is 3.51. The van der Waals surface area contributed by atoms with Crippen molar-refractivity contribution in [3.8, 4) is 0 Å². The summed E-state index contributed by atoms with van der Waals surface area (Å²) in [4.78, 5) is 0. The molecule has 1 heterocycles. The summed E-state index contributed by atoms with van der Waals surface area (Å²) in [6, 6.07) is 0. The molecular formula is C12H22BrN3O. The molecule has 0 radical (unpaired) electrons. The highest BCUT2D eigenvalue weighted by atomic mass is 79.9. The van der Waals surface area contributed by atoms with Gasteiger partial charge in [0.05, 0.1) is 22.0 Å². The summed E-state index contributed by atoms with van der Waals surface area (Å²) in [7, 11) is 1.90. The number of aliphatic hydroxyl groups excluding tert-OH is 1. The van der Waals surface area contributed by atoms with E-state index in [1.165, 1.54) is 0 Å². The third-order valence-electron chi connectivity index (χ3n) is 3.29. The molecule has 0 amide bonds. The number of rotatable bonds is 5. The van der Waals surface area contributed by atoms with Crippen LogP contribution in [0.15, 0.2) is 4.47 Å². The maximum absolute atomic E-state index is 10.2. The summed E-state index contributed by atoms with van der Waals surface area (Å²) < 4.78 is 2.80. The van der Waals surface area contributed by atoms with Gasteiger partial charge in [-0.3, -0.25) is 4.68 Å². The summed E-state index contributed by atoms with van der Waals surface area (Å²) in [5.41, 5.74) is 7.69. The van der Waals surface area contributed by atoms with E-state index in [1.54, 1.807) is 0 Å². The number of nitrogens with two attached hydrogens (primary N) is 1. The molecule has 0 spiro atoms. The second-order valence-electron chi connectivity index (χ2n) is 4.88. The van der Waals surface area contributed by atoms with Crippen molar-refractivity contribution in [3.05, 3.63) is 15.9 Å². The molecule has 0 aliphatic carbocycles. The molecule has 0 aromatic carbocycles. The Bertz CT molecular complexity index is 376. The Labute approximate surface area is 111 Å². The smallest absolute Gasteiger partial charge is 0.0738 e. The van der Waals surface area contributed by atoms with Gasteiger partial charge in [-0.25, -0.2) is 0 Å². The van der Waals surface area contributed by atoms with E-state index in [-0.39, 0.29) is 5.92 Å². The molecule has 17 heavy (non-hydrogen) atoms. The highest BCUT2D eigenvalue weighted by molar-refractivity contribution is 9.10. The largest absolute Gasteiger partial charge is 0.392 e. The topological polar surface area (TPSA) is 64.1 Å². The zero-order chi connectivity index (χ0) is 13.2. The Kier molecular flexibility index (Phi) is 5.16. The van der Waals surface area contributed by atoms with Gasteiger partial charge in [0.2, 0.25) is 0 Å². The summed E-state index contributed by atoms with van der Waals surface area (Å²) in [5, 5.41) is 14.6. The van der Waals surface area contributed by atoms with Crippen molar-refractivity contribution in [1.82, 2.24) is 9.78 Å². The monoisotopic (exact) mass is 303 g/mol. The minimum absolute atomic E-state index is 0.122. The van der Waals surface area contributed by atoms with Gasteiger partial charge in [-0.05, 0) is 41.2 Å². The number of nitrogens with zero attached hydrogens (tertiary/aromatic N) is 2. The molecule has 0 aliphatic rings. The van der Waals surface area contributed by atoms with Crippen molar-refractivity contribution in [2.75, 3.05) is 6.54 Å². The van der Waals surface area contributed by atoms with Gasteiger partial charge in [0.1, 0.15) is 0 Å². The highest BCUT2D eigenvalue weighted by Crippen LogP contribution is 2.24. The first-order valence-electron chi connectivity index (χ1n) is 5.94. The molecule has 3 N–H and O–H groups in total. The molecule has 0 saturated carbocycles. The van der Waals surface area contributed by atoms with Crippen LogP contribution in [-0.2, 0) is 13.5 Å². The summed E-state index contributed by atoms with van der Waals surface area (Å²) in [6.07, 6.45) is 0.156. The molecule has 0 bridgehead atoms. The zero-order valence-corrected chi connectivity index (χ0v) is 12.5. The van der Waals surface area contributed by atoms with Crippen LogP contribution in [0.1, 0.15) is 25.2 Å². The van der Waals surface area contributed by atoms with Crippen LogP contribution in [0.4, 0.5) is 0 Å². The average Bonchev–Trinajstić information content (AvgIpc) is 2.45. The predicted octanol–water partition coefficient (Wildman–Crippen LogP) is 1.63. The molecule has 2 unspecified atom stereocenters. The highest BCUT2D eigenvalue weighted by Gasteiger charge is 2.24. The summed E-state index contributed by atoms with van der Waals surface area (Å²) in [5.74, 6) is 0.500. The number of aliphatic hydroxyl groups is 1. The molecule has 0 aliphatic heterocycles. The van der Waals surface area contributed by atoms with E-state index in [2.05, 4.69) is 34.9 Å². The van der Waals surface area contributed by atoms with Crippen molar-refractivity contribution in [3.63, 3.8) is 0 Å². The van der Waals surface area contributed by atoms with Gasteiger partial charge in [0.25, 0.3) is 0 Å². The standard InChI is InChI=1S/C12H22BrN3O/c1-7(2)9(6-14)11(17)5-10-12(13)8(3)15-16(10)4/h7,9,11,17H,5-6,14H2,1-4H3. The Balaban J connectivity index is 2.83. The lowest BCUT2D eigenvalue weighted by molar-refractivity contribution is 0.0845. The van der Waals surface area contributed by atoms with E-state index < -0.39 is 6.10 Å². The second-order valence-corrected chi connectivity index (χ2v) is 5.68. The van der Waals surface area contributed by atoms with Gasteiger partial charge in [-0.2, -0.15) is 5.10 Å².